The monoisotopic (exact) mass is 359 g/mol. The number of aromatic nitrogens is 2. The molecule has 2 fully saturated rings. The van der Waals surface area contributed by atoms with Crippen LogP contribution in [0.25, 0.3) is 11.0 Å². The van der Waals surface area contributed by atoms with Crippen molar-refractivity contribution in [2.45, 2.75) is 44.2 Å². The number of aromatic amines is 1. The smallest absolute Gasteiger partial charge is 0.307 e. The fourth-order valence-electron chi connectivity index (χ4n) is 3.85. The quantitative estimate of drug-likeness (QED) is 0.567. The van der Waals surface area contributed by atoms with Crippen LogP contribution in [0.15, 0.2) is 24.5 Å². The summed E-state index contributed by atoms with van der Waals surface area (Å²) in [5.74, 6) is -0.679. The number of nitrogens with zero attached hydrogens (tertiary/aromatic N) is 1. The molecule has 2 aliphatic rings. The van der Waals surface area contributed by atoms with Crippen LogP contribution in [0.4, 0.5) is 0 Å². The number of carbonyl (C=O) groups excluding carboxylic acids is 2. The van der Waals surface area contributed by atoms with Crippen molar-refractivity contribution in [3.8, 4) is 0 Å². The number of hydrogen-bond acceptors (Lipinski definition) is 5. The van der Waals surface area contributed by atoms with Gasteiger partial charge in [0.25, 0.3) is 6.47 Å². The Morgan fingerprint density at radius 3 is 2.88 bits per heavy atom. The maximum Gasteiger partial charge on any atom is 0.307 e. The van der Waals surface area contributed by atoms with Crippen LogP contribution >= 0.6 is 0 Å². The lowest BCUT2D eigenvalue weighted by Gasteiger charge is -2.27. The summed E-state index contributed by atoms with van der Waals surface area (Å²) in [6.45, 7) is 0.189. The van der Waals surface area contributed by atoms with Crippen molar-refractivity contribution in [1.29, 1.82) is 0 Å². The lowest BCUT2D eigenvalue weighted by atomic mass is 9.85. The molecule has 138 valence electrons. The first-order valence-corrected chi connectivity index (χ1v) is 8.57. The van der Waals surface area contributed by atoms with E-state index in [1.165, 1.54) is 0 Å². The lowest BCUT2D eigenvalue weighted by Crippen LogP contribution is -2.42. The molecule has 1 aliphatic heterocycles. The van der Waals surface area contributed by atoms with E-state index in [1.807, 2.05) is 18.2 Å². The fourth-order valence-corrected chi connectivity index (χ4v) is 3.85. The normalized spacial score (nSPS) is 20.5. The Bertz CT molecular complexity index is 810. The van der Waals surface area contributed by atoms with Gasteiger partial charge in [0.15, 0.2) is 0 Å². The summed E-state index contributed by atoms with van der Waals surface area (Å²) < 4.78 is 5.53. The Balaban J connectivity index is 0.000000613. The van der Waals surface area contributed by atoms with E-state index in [4.69, 9.17) is 14.6 Å². The molecule has 0 radical (unpaired) electrons. The van der Waals surface area contributed by atoms with Crippen LogP contribution in [-0.2, 0) is 25.7 Å². The number of H-pyrrole nitrogens is 1. The largest absolute Gasteiger partial charge is 0.483 e. The standard InChI is InChI=1S/C17H19N3O3.CH2O2/c21-15-8-12(17(23-15)5-1-2-6-17)16(22)18-9-11-3-4-13-14(7-11)20-10-19-13;2-1-3/h3-4,7,10,12H,1-2,5-6,8-9H2,(H,18,22)(H,19,20);1H,(H,2,3). The van der Waals surface area contributed by atoms with Gasteiger partial charge in [-0.25, -0.2) is 4.98 Å². The molecule has 1 aliphatic carbocycles. The summed E-state index contributed by atoms with van der Waals surface area (Å²) in [4.78, 5) is 39.9. The zero-order valence-electron chi connectivity index (χ0n) is 14.2. The highest BCUT2D eigenvalue weighted by atomic mass is 16.6. The minimum absolute atomic E-state index is 0.0811. The van der Waals surface area contributed by atoms with E-state index in [-0.39, 0.29) is 30.7 Å². The van der Waals surface area contributed by atoms with Crippen molar-refractivity contribution in [2.24, 2.45) is 5.92 Å². The Kier molecular flexibility index (Phi) is 5.20. The van der Waals surface area contributed by atoms with Crippen LogP contribution in [0.2, 0.25) is 0 Å². The number of benzene rings is 1. The Labute approximate surface area is 149 Å². The van der Waals surface area contributed by atoms with Crippen molar-refractivity contribution >= 4 is 29.4 Å². The average molecular weight is 359 g/mol. The zero-order chi connectivity index (χ0) is 18.6. The minimum atomic E-state index is -0.547. The number of nitrogens with one attached hydrogen (secondary N) is 2. The summed E-state index contributed by atoms with van der Waals surface area (Å²) in [6.07, 6.45) is 5.50. The molecule has 1 aromatic heterocycles. The molecule has 1 aromatic carbocycles. The molecule has 1 amide bonds. The third-order valence-electron chi connectivity index (χ3n) is 5.04. The van der Waals surface area contributed by atoms with E-state index < -0.39 is 5.60 Å². The molecule has 1 spiro atoms. The zero-order valence-corrected chi connectivity index (χ0v) is 14.2. The number of imidazole rings is 1. The van der Waals surface area contributed by atoms with Crippen molar-refractivity contribution < 1.29 is 24.2 Å². The SMILES string of the molecule is O=C1CC(C(=O)NCc2ccc3nc[nH]c3c2)C2(CCCC2)O1.O=CO. The van der Waals surface area contributed by atoms with Crippen molar-refractivity contribution in [2.75, 3.05) is 0 Å². The number of fused-ring (bicyclic) bond motifs is 1. The van der Waals surface area contributed by atoms with Gasteiger partial charge >= 0.3 is 5.97 Å². The molecular weight excluding hydrogens is 338 g/mol. The number of hydrogen-bond donors (Lipinski definition) is 3. The highest BCUT2D eigenvalue weighted by molar-refractivity contribution is 5.88. The number of rotatable bonds is 3. The number of carboxylic acid groups (broad SMARTS) is 1. The summed E-state index contributed by atoms with van der Waals surface area (Å²) in [7, 11) is 0. The fraction of sp³-hybridized carbons (Fsp3) is 0.444. The van der Waals surface area contributed by atoms with Crippen LogP contribution in [0.3, 0.4) is 0 Å². The summed E-state index contributed by atoms with van der Waals surface area (Å²) in [6, 6.07) is 5.85. The molecular formula is C18H21N3O5. The van der Waals surface area contributed by atoms with Gasteiger partial charge in [-0.3, -0.25) is 14.4 Å². The molecule has 4 rings (SSSR count). The molecule has 26 heavy (non-hydrogen) atoms. The van der Waals surface area contributed by atoms with Gasteiger partial charge in [0.1, 0.15) is 5.60 Å². The van der Waals surface area contributed by atoms with Crippen LogP contribution < -0.4 is 5.32 Å². The first-order chi connectivity index (χ1) is 12.6. The lowest BCUT2D eigenvalue weighted by molar-refractivity contribution is -0.150. The van der Waals surface area contributed by atoms with Gasteiger partial charge in [0.2, 0.25) is 5.91 Å². The summed E-state index contributed by atoms with van der Waals surface area (Å²) in [5, 5.41) is 9.85. The number of esters is 1. The molecule has 1 atom stereocenters. The minimum Gasteiger partial charge on any atom is -0.483 e. The van der Waals surface area contributed by atoms with Gasteiger partial charge in [-0.2, -0.15) is 0 Å². The number of amides is 1. The van der Waals surface area contributed by atoms with E-state index in [2.05, 4.69) is 15.3 Å². The van der Waals surface area contributed by atoms with Crippen LogP contribution in [-0.4, -0.2) is 39.0 Å². The number of carbonyl (C=O) groups is 3. The van der Waals surface area contributed by atoms with Gasteiger partial charge in [-0.05, 0) is 43.4 Å². The third-order valence-corrected chi connectivity index (χ3v) is 5.04. The summed E-state index contributed by atoms with van der Waals surface area (Å²) in [5.41, 5.74) is 2.30. The van der Waals surface area contributed by atoms with Crippen molar-refractivity contribution in [3.63, 3.8) is 0 Å². The maximum atomic E-state index is 12.6. The molecule has 2 aromatic rings. The van der Waals surface area contributed by atoms with Gasteiger partial charge in [-0.15, -0.1) is 0 Å². The molecule has 1 unspecified atom stereocenters. The van der Waals surface area contributed by atoms with E-state index in [1.54, 1.807) is 6.33 Å². The second kappa shape index (κ2) is 7.55. The molecule has 1 saturated heterocycles. The topological polar surface area (TPSA) is 121 Å². The molecule has 8 heteroatoms. The second-order valence-electron chi connectivity index (χ2n) is 6.58. The summed E-state index contributed by atoms with van der Waals surface area (Å²) >= 11 is 0. The Morgan fingerprint density at radius 1 is 1.42 bits per heavy atom. The maximum absolute atomic E-state index is 12.6. The highest BCUT2D eigenvalue weighted by Gasteiger charge is 2.53. The van der Waals surface area contributed by atoms with Crippen molar-refractivity contribution in [1.82, 2.24) is 15.3 Å². The second-order valence-corrected chi connectivity index (χ2v) is 6.58. The molecule has 0 bridgehead atoms. The number of ether oxygens (including phenoxy) is 1. The first-order valence-electron chi connectivity index (χ1n) is 8.57. The molecule has 2 heterocycles. The average Bonchev–Trinajstić information content (AvgIpc) is 3.34. The Morgan fingerprint density at radius 2 is 2.15 bits per heavy atom. The predicted octanol–water partition coefficient (Wildman–Crippen LogP) is 1.76. The van der Waals surface area contributed by atoms with Crippen LogP contribution in [0.1, 0.15) is 37.7 Å². The molecule has 1 saturated carbocycles. The first kappa shape index (κ1) is 17.9. The molecule has 3 N–H and O–H groups in total. The van der Waals surface area contributed by atoms with E-state index in [9.17, 15) is 9.59 Å². The van der Waals surface area contributed by atoms with Crippen LogP contribution in [0.5, 0.6) is 0 Å². The Hall–Kier alpha value is -2.90. The van der Waals surface area contributed by atoms with E-state index >= 15 is 0 Å². The van der Waals surface area contributed by atoms with Gasteiger partial charge < -0.3 is 20.1 Å². The third kappa shape index (κ3) is 3.54. The van der Waals surface area contributed by atoms with Crippen molar-refractivity contribution in [3.05, 3.63) is 30.1 Å². The highest BCUT2D eigenvalue weighted by Crippen LogP contribution is 2.45. The van der Waals surface area contributed by atoms with Gasteiger partial charge in [-0.1, -0.05) is 6.07 Å². The van der Waals surface area contributed by atoms with Crippen LogP contribution in [0, 0.1) is 5.92 Å². The van der Waals surface area contributed by atoms with E-state index in [0.29, 0.717) is 6.54 Å². The van der Waals surface area contributed by atoms with Gasteiger partial charge in [0.05, 0.1) is 29.7 Å². The van der Waals surface area contributed by atoms with Gasteiger partial charge in [0, 0.05) is 6.54 Å². The molecule has 8 nitrogen and oxygen atoms in total. The predicted molar refractivity (Wildman–Crippen MR) is 92.0 cm³/mol. The van der Waals surface area contributed by atoms with E-state index in [0.717, 1.165) is 42.3 Å².